The molecular formula is C18H30N4O5. The molecule has 1 aromatic rings. The van der Waals surface area contributed by atoms with Crippen molar-refractivity contribution in [3.8, 4) is 0 Å². The molecule has 0 atom stereocenters. The van der Waals surface area contributed by atoms with E-state index in [0.717, 1.165) is 45.9 Å². The number of carbonyl (C=O) groups is 2. The highest BCUT2D eigenvalue weighted by Gasteiger charge is 2.16. The van der Waals surface area contributed by atoms with Crippen molar-refractivity contribution in [2.24, 2.45) is 0 Å². The van der Waals surface area contributed by atoms with Crippen LogP contribution in [0.1, 0.15) is 5.69 Å². The topological polar surface area (TPSA) is 98.5 Å². The van der Waals surface area contributed by atoms with E-state index in [1.54, 1.807) is 0 Å². The lowest BCUT2D eigenvalue weighted by Gasteiger charge is -2.32. The van der Waals surface area contributed by atoms with Crippen LogP contribution in [0, 0.1) is 0 Å². The van der Waals surface area contributed by atoms with Gasteiger partial charge in [0.2, 0.25) is 0 Å². The van der Waals surface area contributed by atoms with Crippen molar-refractivity contribution in [1.82, 2.24) is 19.3 Å². The molecular weight excluding hydrogens is 352 g/mol. The molecule has 3 rings (SSSR count). The van der Waals surface area contributed by atoms with Crippen LogP contribution in [-0.4, -0.2) is 107 Å². The van der Waals surface area contributed by atoms with Gasteiger partial charge in [0.15, 0.2) is 0 Å². The molecule has 9 heteroatoms. The Balaban J connectivity index is 0.000000380. The van der Waals surface area contributed by atoms with E-state index < -0.39 is 11.9 Å². The number of aliphatic carboxylic acids is 2. The molecule has 27 heavy (non-hydrogen) atoms. The summed E-state index contributed by atoms with van der Waals surface area (Å²) in [6.07, 6.45) is 2.23. The third-order valence-corrected chi connectivity index (χ3v) is 4.85. The predicted octanol–water partition coefficient (Wildman–Crippen LogP) is -0.277. The van der Waals surface area contributed by atoms with Gasteiger partial charge in [-0.3, -0.25) is 9.80 Å². The first-order chi connectivity index (χ1) is 13.0. The Morgan fingerprint density at radius 3 is 2.19 bits per heavy atom. The lowest BCUT2D eigenvalue weighted by Crippen LogP contribution is -2.44. The molecule has 2 saturated heterocycles. The predicted molar refractivity (Wildman–Crippen MR) is 99.7 cm³/mol. The summed E-state index contributed by atoms with van der Waals surface area (Å²) >= 11 is 0. The minimum absolute atomic E-state index is 0.889. The van der Waals surface area contributed by atoms with Crippen molar-refractivity contribution in [2.45, 2.75) is 13.1 Å². The van der Waals surface area contributed by atoms with E-state index in [9.17, 15) is 0 Å². The summed E-state index contributed by atoms with van der Waals surface area (Å²) < 4.78 is 7.83. The average molecular weight is 382 g/mol. The maximum absolute atomic E-state index is 9.10. The Labute approximate surface area is 159 Å². The molecule has 2 N–H and O–H groups in total. The molecule has 0 radical (unpaired) electrons. The highest BCUT2D eigenvalue weighted by atomic mass is 16.5. The number of carboxylic acids is 2. The number of hydrogen-bond acceptors (Lipinski definition) is 6. The van der Waals surface area contributed by atoms with Crippen molar-refractivity contribution in [1.29, 1.82) is 0 Å². The van der Waals surface area contributed by atoms with Gasteiger partial charge in [-0.05, 0) is 19.2 Å². The van der Waals surface area contributed by atoms with Crippen molar-refractivity contribution < 1.29 is 24.5 Å². The summed E-state index contributed by atoms with van der Waals surface area (Å²) in [5, 5.41) is 14.8. The highest BCUT2D eigenvalue weighted by molar-refractivity contribution is 6.27. The first kappa shape index (κ1) is 21.4. The van der Waals surface area contributed by atoms with E-state index in [0.29, 0.717) is 0 Å². The normalized spacial score (nSPS) is 19.3. The van der Waals surface area contributed by atoms with Gasteiger partial charge in [-0.1, -0.05) is 0 Å². The Morgan fingerprint density at radius 1 is 0.963 bits per heavy atom. The molecule has 0 spiro atoms. The molecule has 0 aromatic carbocycles. The van der Waals surface area contributed by atoms with Crippen LogP contribution in [0.2, 0.25) is 0 Å². The Morgan fingerprint density at radius 2 is 1.59 bits per heavy atom. The average Bonchev–Trinajstić information content (AvgIpc) is 3.10. The molecule has 2 fully saturated rings. The third kappa shape index (κ3) is 7.67. The Hall–Kier alpha value is -1.94. The van der Waals surface area contributed by atoms with E-state index in [1.807, 2.05) is 0 Å². The standard InChI is InChI=1S/C16H28N4O.C2H2O4/c1-17-5-7-19(8-6-17)15-16-3-2-4-20(16)10-9-18-11-13-21-14-12-18;3-1(4)2(5)6/h2-4H,5-15H2,1H3;(H,3,4)(H,5,6). The first-order valence-corrected chi connectivity index (χ1v) is 9.27. The van der Waals surface area contributed by atoms with Gasteiger partial charge in [0.25, 0.3) is 0 Å². The molecule has 0 saturated carbocycles. The summed E-state index contributed by atoms with van der Waals surface area (Å²) in [5.41, 5.74) is 1.45. The second-order valence-electron chi connectivity index (χ2n) is 6.84. The summed E-state index contributed by atoms with van der Waals surface area (Å²) in [7, 11) is 2.21. The third-order valence-electron chi connectivity index (χ3n) is 4.85. The quantitative estimate of drug-likeness (QED) is 0.671. The Kier molecular flexibility index (Phi) is 8.73. The van der Waals surface area contributed by atoms with Crippen LogP contribution in [-0.2, 0) is 27.4 Å². The van der Waals surface area contributed by atoms with Gasteiger partial charge in [-0.2, -0.15) is 0 Å². The van der Waals surface area contributed by atoms with Crippen molar-refractivity contribution in [3.05, 3.63) is 24.0 Å². The molecule has 0 bridgehead atoms. The maximum atomic E-state index is 9.10. The lowest BCUT2D eigenvalue weighted by atomic mass is 10.3. The van der Waals surface area contributed by atoms with Crippen molar-refractivity contribution >= 4 is 11.9 Å². The summed E-state index contributed by atoms with van der Waals surface area (Å²) in [4.78, 5) is 25.7. The minimum Gasteiger partial charge on any atom is -0.473 e. The zero-order chi connectivity index (χ0) is 19.6. The molecule has 3 heterocycles. The number of likely N-dealkylation sites (N-methyl/N-ethyl adjacent to an activating group) is 1. The second kappa shape index (κ2) is 11.0. The van der Waals surface area contributed by atoms with Crippen LogP contribution < -0.4 is 0 Å². The fraction of sp³-hybridized carbons (Fsp3) is 0.667. The zero-order valence-corrected chi connectivity index (χ0v) is 15.9. The van der Waals surface area contributed by atoms with E-state index >= 15 is 0 Å². The Bertz CT molecular complexity index is 580. The number of rotatable bonds is 5. The van der Waals surface area contributed by atoms with Crippen LogP contribution in [0.4, 0.5) is 0 Å². The smallest absolute Gasteiger partial charge is 0.414 e. The minimum atomic E-state index is -1.82. The number of morpholine rings is 1. The van der Waals surface area contributed by atoms with E-state index in [-0.39, 0.29) is 0 Å². The fourth-order valence-electron chi connectivity index (χ4n) is 3.12. The fourth-order valence-corrected chi connectivity index (χ4v) is 3.12. The zero-order valence-electron chi connectivity index (χ0n) is 15.9. The van der Waals surface area contributed by atoms with Crippen LogP contribution in [0.5, 0.6) is 0 Å². The van der Waals surface area contributed by atoms with Crippen LogP contribution in [0.25, 0.3) is 0 Å². The first-order valence-electron chi connectivity index (χ1n) is 9.27. The van der Waals surface area contributed by atoms with Gasteiger partial charge in [0, 0.05) is 70.8 Å². The summed E-state index contributed by atoms with van der Waals surface area (Å²) in [6, 6.07) is 4.46. The highest BCUT2D eigenvalue weighted by Crippen LogP contribution is 2.10. The van der Waals surface area contributed by atoms with Crippen LogP contribution in [0.15, 0.2) is 18.3 Å². The van der Waals surface area contributed by atoms with E-state index in [1.165, 1.54) is 31.9 Å². The number of piperazine rings is 1. The molecule has 2 aliphatic heterocycles. The maximum Gasteiger partial charge on any atom is 0.414 e. The van der Waals surface area contributed by atoms with Crippen LogP contribution in [0.3, 0.4) is 0 Å². The molecule has 0 unspecified atom stereocenters. The van der Waals surface area contributed by atoms with E-state index in [4.69, 9.17) is 24.5 Å². The number of carboxylic acid groups (broad SMARTS) is 2. The second-order valence-corrected chi connectivity index (χ2v) is 6.84. The van der Waals surface area contributed by atoms with Gasteiger partial charge < -0.3 is 24.4 Å². The number of nitrogens with zero attached hydrogens (tertiary/aromatic N) is 4. The number of hydrogen-bond donors (Lipinski definition) is 2. The number of ether oxygens (including phenoxy) is 1. The van der Waals surface area contributed by atoms with Gasteiger partial charge >= 0.3 is 11.9 Å². The van der Waals surface area contributed by atoms with Gasteiger partial charge in [0.05, 0.1) is 13.2 Å². The number of aromatic nitrogens is 1. The molecule has 1 aromatic heterocycles. The molecule has 0 amide bonds. The summed E-state index contributed by atoms with van der Waals surface area (Å²) in [6.45, 7) is 12.0. The van der Waals surface area contributed by atoms with E-state index in [2.05, 4.69) is 44.6 Å². The van der Waals surface area contributed by atoms with Gasteiger partial charge in [-0.15, -0.1) is 0 Å². The molecule has 2 aliphatic rings. The van der Waals surface area contributed by atoms with Gasteiger partial charge in [-0.25, -0.2) is 9.59 Å². The molecule has 152 valence electrons. The lowest BCUT2D eigenvalue weighted by molar-refractivity contribution is -0.159. The summed E-state index contributed by atoms with van der Waals surface area (Å²) in [5.74, 6) is -3.65. The monoisotopic (exact) mass is 382 g/mol. The SMILES string of the molecule is CN1CCN(Cc2cccn2CCN2CCOCC2)CC1.O=C(O)C(=O)O. The largest absolute Gasteiger partial charge is 0.473 e. The van der Waals surface area contributed by atoms with Crippen molar-refractivity contribution in [2.75, 3.05) is 66.1 Å². The van der Waals surface area contributed by atoms with Crippen molar-refractivity contribution in [3.63, 3.8) is 0 Å². The van der Waals surface area contributed by atoms with Crippen LogP contribution >= 0.6 is 0 Å². The molecule has 9 nitrogen and oxygen atoms in total. The van der Waals surface area contributed by atoms with Gasteiger partial charge in [0.1, 0.15) is 0 Å². The molecule has 0 aliphatic carbocycles.